The first-order valence-corrected chi connectivity index (χ1v) is 21.3. The van der Waals surface area contributed by atoms with Crippen LogP contribution in [0.4, 0.5) is 18.9 Å². The molecule has 5 aromatic rings. The van der Waals surface area contributed by atoms with E-state index >= 15 is 0 Å². The third-order valence-corrected chi connectivity index (χ3v) is 11.9. The molecule has 1 unspecified atom stereocenters. The van der Waals surface area contributed by atoms with Crippen LogP contribution in [0.3, 0.4) is 0 Å². The van der Waals surface area contributed by atoms with Crippen LogP contribution in [0.25, 0.3) is 22.5 Å². The van der Waals surface area contributed by atoms with Crippen LogP contribution < -0.4 is 16.7 Å². The maximum absolute atomic E-state index is 13.4. The summed E-state index contributed by atoms with van der Waals surface area (Å²) in [6.07, 6.45) is 3.05. The van der Waals surface area contributed by atoms with Gasteiger partial charge in [-0.2, -0.15) is 18.3 Å². The topological polar surface area (TPSA) is 220 Å². The third kappa shape index (κ3) is 10.5. The lowest BCUT2D eigenvalue weighted by Crippen LogP contribution is -2.36. The molecule has 0 radical (unpaired) electrons. The van der Waals surface area contributed by atoms with E-state index in [1.165, 1.54) is 29.1 Å². The van der Waals surface area contributed by atoms with Crippen molar-refractivity contribution in [3.05, 3.63) is 82.1 Å². The van der Waals surface area contributed by atoms with E-state index in [0.717, 1.165) is 17.3 Å². The van der Waals surface area contributed by atoms with Gasteiger partial charge in [-0.25, -0.2) is 9.78 Å². The number of carbonyl (C=O) groups excluding carboxylic acids is 5. The smallest absolute Gasteiger partial charge is 0.389 e. The Bertz CT molecular complexity index is 2600. The molecule has 17 nitrogen and oxygen atoms in total. The number of oxazole rings is 1. The second-order valence-electron chi connectivity index (χ2n) is 16.4. The van der Waals surface area contributed by atoms with E-state index in [9.17, 15) is 41.9 Å². The molecule has 0 aliphatic heterocycles. The van der Waals surface area contributed by atoms with Crippen LogP contribution in [-0.2, 0) is 39.0 Å². The van der Waals surface area contributed by atoms with Crippen molar-refractivity contribution < 1.29 is 46.3 Å². The third-order valence-electron chi connectivity index (χ3n) is 11.9. The quantitative estimate of drug-likeness (QED) is 0.0874. The fraction of sp³-hybridized carbons (Fsp3) is 0.477. The zero-order valence-electron chi connectivity index (χ0n) is 35.6. The number of anilines is 1. The number of primary amides is 1. The maximum atomic E-state index is 13.4. The molecule has 0 bridgehead atoms. The highest BCUT2D eigenvalue weighted by atomic mass is 19.4. The van der Waals surface area contributed by atoms with Crippen molar-refractivity contribution in [2.24, 2.45) is 18.7 Å². The van der Waals surface area contributed by atoms with E-state index in [2.05, 4.69) is 20.4 Å². The molecular formula is C44H50F3N9O8. The van der Waals surface area contributed by atoms with Crippen molar-refractivity contribution in [3.8, 4) is 11.5 Å². The number of rotatable bonds is 17. The lowest BCUT2D eigenvalue weighted by atomic mass is 9.85. The summed E-state index contributed by atoms with van der Waals surface area (Å²) in [5, 5.41) is 6.97. The second-order valence-corrected chi connectivity index (χ2v) is 16.4. The van der Waals surface area contributed by atoms with E-state index in [1.807, 2.05) is 18.2 Å². The van der Waals surface area contributed by atoms with E-state index in [-0.39, 0.29) is 83.0 Å². The summed E-state index contributed by atoms with van der Waals surface area (Å²) in [5.41, 5.74) is 8.03. The number of Topliss-reactive ketones (excluding diaryl/α,β-unsaturated/α-hetero) is 2. The van der Waals surface area contributed by atoms with E-state index in [0.29, 0.717) is 82.2 Å². The molecule has 20 heteroatoms. The number of pyridine rings is 1. The minimum atomic E-state index is -4.34. The SMILES string of the molecule is CN(CCCOCCCc1cccc2c1n(C)c(=O)n2C1CCC(=O)CC1=O)C(=O)C1CCC(n2cc(NC(=O)c3coc(-c4ccnc(CCC(F)(F)F)c4)n3)c(C(N)=O)n2)CC1. The first-order chi connectivity index (χ1) is 30.6. The molecule has 0 saturated heterocycles. The summed E-state index contributed by atoms with van der Waals surface area (Å²) < 4.78 is 54.1. The maximum Gasteiger partial charge on any atom is 0.389 e. The molecule has 3 amide bonds. The number of aromatic nitrogens is 6. The van der Waals surface area contributed by atoms with Crippen LogP contribution in [0.1, 0.15) is 109 Å². The standard InChI is InChI=1S/C44H50F3N9O8/c1-53(19-5-21-63-20-4-7-26-6-3-8-35-38(26)54(2)43(62)56(35)34-14-13-31(57)23-36(34)58)42(61)27-9-11-30(12-10-27)55-24-32(37(52-55)39(48)59)50-40(60)33-25-64-41(51-33)28-16-18-49-29(22-28)15-17-44(45,46)47/h3,6,8,16,18,22,24-25,27,30,34H,4-5,7,9-15,17,19-21,23H2,1-2H3,(H2,48,59)(H,50,60). The number of benzene rings is 1. The Morgan fingerprint density at radius 1 is 1.03 bits per heavy atom. The van der Waals surface area contributed by atoms with Gasteiger partial charge in [-0.3, -0.25) is 42.8 Å². The largest absolute Gasteiger partial charge is 0.444 e. The van der Waals surface area contributed by atoms with Crippen LogP contribution in [0, 0.1) is 5.92 Å². The highest BCUT2D eigenvalue weighted by Crippen LogP contribution is 2.34. The van der Waals surface area contributed by atoms with Crippen molar-refractivity contribution in [1.29, 1.82) is 0 Å². The van der Waals surface area contributed by atoms with Gasteiger partial charge in [0.25, 0.3) is 11.8 Å². The van der Waals surface area contributed by atoms with Crippen LogP contribution >= 0.6 is 0 Å². The summed E-state index contributed by atoms with van der Waals surface area (Å²) in [6, 6.07) is 7.78. The number of nitrogens with one attached hydrogen (secondary N) is 1. The van der Waals surface area contributed by atoms with Crippen LogP contribution in [0.2, 0.25) is 0 Å². The summed E-state index contributed by atoms with van der Waals surface area (Å²) in [6.45, 7) is 1.46. The minimum absolute atomic E-state index is 0.00468. The fourth-order valence-electron chi connectivity index (χ4n) is 8.60. The Morgan fingerprint density at radius 3 is 2.53 bits per heavy atom. The number of fused-ring (bicyclic) bond motifs is 1. The van der Waals surface area contributed by atoms with Gasteiger partial charge >= 0.3 is 11.9 Å². The predicted octanol–water partition coefficient (Wildman–Crippen LogP) is 5.53. The van der Waals surface area contributed by atoms with Gasteiger partial charge in [0.15, 0.2) is 17.2 Å². The molecular weight excluding hydrogens is 840 g/mol. The summed E-state index contributed by atoms with van der Waals surface area (Å²) in [5.74, 6) is -2.07. The number of nitrogens with zero attached hydrogens (tertiary/aromatic N) is 7. The summed E-state index contributed by atoms with van der Waals surface area (Å²) >= 11 is 0. The van der Waals surface area contributed by atoms with E-state index in [4.69, 9.17) is 14.9 Å². The zero-order valence-corrected chi connectivity index (χ0v) is 35.6. The molecule has 64 heavy (non-hydrogen) atoms. The molecule has 2 aliphatic carbocycles. The molecule has 3 N–H and O–H groups in total. The number of hydrogen-bond donors (Lipinski definition) is 2. The van der Waals surface area contributed by atoms with Gasteiger partial charge in [0.05, 0.1) is 35.2 Å². The number of amides is 3. The number of imidazole rings is 1. The number of ether oxygens (including phenoxy) is 1. The number of para-hydroxylation sites is 1. The average Bonchev–Trinajstić information content (AvgIpc) is 4.00. The lowest BCUT2D eigenvalue weighted by molar-refractivity contribution is -0.136. The number of aryl methyl sites for hydroxylation is 3. The van der Waals surface area contributed by atoms with Gasteiger partial charge in [0.1, 0.15) is 12.0 Å². The van der Waals surface area contributed by atoms with Crippen molar-refractivity contribution in [2.75, 3.05) is 32.1 Å². The molecule has 4 heterocycles. The molecule has 2 saturated carbocycles. The van der Waals surface area contributed by atoms with Gasteiger partial charge in [0, 0.05) is 76.3 Å². The number of ketones is 2. The number of nitrogens with two attached hydrogens (primary N) is 1. The molecule has 1 atom stereocenters. The van der Waals surface area contributed by atoms with Crippen LogP contribution in [0.15, 0.2) is 58.2 Å². The minimum Gasteiger partial charge on any atom is -0.444 e. The molecule has 4 aromatic heterocycles. The van der Waals surface area contributed by atoms with E-state index < -0.39 is 30.5 Å². The Morgan fingerprint density at radius 2 is 1.80 bits per heavy atom. The zero-order chi connectivity index (χ0) is 45.7. The van der Waals surface area contributed by atoms with Gasteiger partial charge in [-0.15, -0.1) is 0 Å². The van der Waals surface area contributed by atoms with Crippen molar-refractivity contribution in [3.63, 3.8) is 0 Å². The highest BCUT2D eigenvalue weighted by molar-refractivity contribution is 6.07. The first kappa shape index (κ1) is 45.6. The molecule has 1 aromatic carbocycles. The van der Waals surface area contributed by atoms with Gasteiger partial charge in [-0.1, -0.05) is 12.1 Å². The van der Waals surface area contributed by atoms with Crippen molar-refractivity contribution in [2.45, 2.75) is 95.3 Å². The van der Waals surface area contributed by atoms with Gasteiger partial charge in [-0.05, 0) is 81.5 Å². The average molecular weight is 890 g/mol. The molecule has 2 aliphatic rings. The summed E-state index contributed by atoms with van der Waals surface area (Å²) in [4.78, 5) is 86.4. The molecule has 340 valence electrons. The monoisotopic (exact) mass is 889 g/mol. The van der Waals surface area contributed by atoms with E-state index in [1.54, 1.807) is 28.2 Å². The Hall–Kier alpha value is -6.44. The first-order valence-electron chi connectivity index (χ1n) is 21.3. The Kier molecular flexibility index (Phi) is 13.9. The van der Waals surface area contributed by atoms with Gasteiger partial charge < -0.3 is 25.1 Å². The van der Waals surface area contributed by atoms with Crippen molar-refractivity contribution in [1.82, 2.24) is 33.8 Å². The fourth-order valence-corrected chi connectivity index (χ4v) is 8.60. The molecule has 7 rings (SSSR count). The number of hydrogen-bond acceptors (Lipinski definition) is 11. The lowest BCUT2D eigenvalue weighted by Gasteiger charge is -2.30. The normalized spacial score (nSPS) is 18.1. The highest BCUT2D eigenvalue weighted by Gasteiger charge is 2.33. The van der Waals surface area contributed by atoms with Gasteiger partial charge in [0.2, 0.25) is 11.8 Å². The Labute approximate surface area is 365 Å². The molecule has 0 spiro atoms. The number of halogens is 3. The van der Waals surface area contributed by atoms with Crippen LogP contribution in [-0.4, -0.2) is 96.1 Å². The van der Waals surface area contributed by atoms with Crippen LogP contribution in [0.5, 0.6) is 0 Å². The number of alkyl halides is 3. The number of carbonyl (C=O) groups is 5. The predicted molar refractivity (Wildman–Crippen MR) is 225 cm³/mol. The van der Waals surface area contributed by atoms with Crippen molar-refractivity contribution >= 4 is 46.0 Å². The molecule has 2 fully saturated rings. The Balaban J connectivity index is 0.845. The summed E-state index contributed by atoms with van der Waals surface area (Å²) in [7, 11) is 3.47. The second kappa shape index (κ2) is 19.5.